The first-order valence-corrected chi connectivity index (χ1v) is 8.66. The number of hydrogen-bond donors (Lipinski definition) is 1. The second-order valence-corrected chi connectivity index (χ2v) is 6.32. The molecular weight excluding hydrogens is 364 g/mol. The van der Waals surface area contributed by atoms with Crippen molar-refractivity contribution < 1.29 is 9.53 Å². The lowest BCUT2D eigenvalue weighted by atomic mass is 10.2. The number of hydrogen-bond acceptors (Lipinski definition) is 5. The Morgan fingerprint density at radius 1 is 1.15 bits per heavy atom. The molecule has 0 radical (unpaired) electrons. The highest BCUT2D eigenvalue weighted by molar-refractivity contribution is 6.32. The van der Waals surface area contributed by atoms with Crippen LogP contribution < -0.4 is 15.0 Å². The molecule has 0 aliphatic carbocycles. The van der Waals surface area contributed by atoms with Crippen LogP contribution in [0.25, 0.3) is 0 Å². The van der Waals surface area contributed by atoms with Crippen molar-refractivity contribution in [3.05, 3.63) is 77.1 Å². The third kappa shape index (κ3) is 4.74. The van der Waals surface area contributed by atoms with Crippen LogP contribution in [0, 0.1) is 0 Å². The molecule has 0 unspecified atom stereocenters. The lowest BCUT2D eigenvalue weighted by Crippen LogP contribution is -2.20. The van der Waals surface area contributed by atoms with E-state index in [2.05, 4.69) is 15.3 Å². The minimum absolute atomic E-state index is 0.312. The van der Waals surface area contributed by atoms with Gasteiger partial charge in [0.05, 0.1) is 17.7 Å². The smallest absolute Gasteiger partial charge is 0.258 e. The van der Waals surface area contributed by atoms with Crippen LogP contribution in [0.5, 0.6) is 5.75 Å². The molecule has 1 amide bonds. The van der Waals surface area contributed by atoms with E-state index in [9.17, 15) is 4.79 Å². The Morgan fingerprint density at radius 3 is 2.48 bits per heavy atom. The minimum atomic E-state index is -0.312. The van der Waals surface area contributed by atoms with E-state index in [4.69, 9.17) is 16.3 Å². The fourth-order valence-corrected chi connectivity index (χ4v) is 2.77. The number of carbonyl (C=O) groups excluding carboxylic acids is 1. The van der Waals surface area contributed by atoms with Crippen LogP contribution in [-0.2, 0) is 6.54 Å². The molecule has 0 saturated carbocycles. The number of rotatable bonds is 6. The average molecular weight is 383 g/mol. The van der Waals surface area contributed by atoms with E-state index in [-0.39, 0.29) is 5.91 Å². The van der Waals surface area contributed by atoms with Gasteiger partial charge in [-0.2, -0.15) is 0 Å². The summed E-state index contributed by atoms with van der Waals surface area (Å²) in [5, 5.41) is 3.19. The van der Waals surface area contributed by atoms with Crippen molar-refractivity contribution in [2.75, 3.05) is 24.4 Å². The Bertz CT molecular complexity index is 917. The summed E-state index contributed by atoms with van der Waals surface area (Å²) in [6.45, 7) is 0.677. The van der Waals surface area contributed by atoms with Crippen LogP contribution in [0.3, 0.4) is 0 Å². The molecule has 1 heterocycles. The van der Waals surface area contributed by atoms with E-state index >= 15 is 0 Å². The molecule has 3 aromatic rings. The predicted octanol–water partition coefficient (Wildman–Crippen LogP) is 4.03. The number of ether oxygens (including phenoxy) is 1. The van der Waals surface area contributed by atoms with Crippen molar-refractivity contribution in [1.82, 2.24) is 9.97 Å². The van der Waals surface area contributed by atoms with Crippen LogP contribution >= 0.6 is 11.6 Å². The molecule has 7 heteroatoms. The summed E-state index contributed by atoms with van der Waals surface area (Å²) in [4.78, 5) is 22.9. The van der Waals surface area contributed by atoms with Crippen molar-refractivity contribution in [3.63, 3.8) is 0 Å². The highest BCUT2D eigenvalue weighted by Crippen LogP contribution is 2.27. The summed E-state index contributed by atoms with van der Waals surface area (Å²) in [5.74, 6) is 0.778. The number of nitrogens with zero attached hydrogens (tertiary/aromatic N) is 3. The molecule has 0 aliphatic heterocycles. The number of methoxy groups -OCH3 is 1. The quantitative estimate of drug-likeness (QED) is 0.697. The molecular formula is C20H19ClN4O2. The first kappa shape index (κ1) is 18.7. The van der Waals surface area contributed by atoms with E-state index in [0.29, 0.717) is 34.5 Å². The Hall–Kier alpha value is -3.12. The van der Waals surface area contributed by atoms with Gasteiger partial charge < -0.3 is 15.0 Å². The average Bonchev–Trinajstić information content (AvgIpc) is 2.69. The zero-order valence-electron chi connectivity index (χ0n) is 15.0. The van der Waals surface area contributed by atoms with Gasteiger partial charge in [0.1, 0.15) is 5.75 Å². The SMILES string of the molecule is COc1ccc(NC(=O)c2cnc(N(C)Cc3ccccc3)nc2)cc1Cl. The summed E-state index contributed by atoms with van der Waals surface area (Å²) < 4.78 is 5.10. The molecule has 1 aromatic heterocycles. The van der Waals surface area contributed by atoms with Crippen molar-refractivity contribution in [1.29, 1.82) is 0 Å². The highest BCUT2D eigenvalue weighted by atomic mass is 35.5. The third-order valence-electron chi connectivity index (χ3n) is 3.91. The van der Waals surface area contributed by atoms with Gasteiger partial charge in [-0.1, -0.05) is 41.9 Å². The molecule has 1 N–H and O–H groups in total. The molecule has 6 nitrogen and oxygen atoms in total. The topological polar surface area (TPSA) is 67.3 Å². The van der Waals surface area contributed by atoms with Crippen molar-refractivity contribution >= 4 is 29.1 Å². The van der Waals surface area contributed by atoms with Gasteiger partial charge in [-0.05, 0) is 23.8 Å². The van der Waals surface area contributed by atoms with Crippen LogP contribution in [0.15, 0.2) is 60.9 Å². The summed E-state index contributed by atoms with van der Waals surface area (Å²) in [5.41, 5.74) is 2.08. The summed E-state index contributed by atoms with van der Waals surface area (Å²) >= 11 is 6.07. The maximum atomic E-state index is 12.4. The molecule has 0 atom stereocenters. The Balaban J connectivity index is 1.65. The third-order valence-corrected chi connectivity index (χ3v) is 4.21. The lowest BCUT2D eigenvalue weighted by molar-refractivity contribution is 0.102. The fraction of sp³-hybridized carbons (Fsp3) is 0.150. The molecule has 0 bridgehead atoms. The number of nitrogens with one attached hydrogen (secondary N) is 1. The fourth-order valence-electron chi connectivity index (χ4n) is 2.51. The van der Waals surface area contributed by atoms with E-state index < -0.39 is 0 Å². The second kappa shape index (κ2) is 8.51. The Morgan fingerprint density at radius 2 is 1.85 bits per heavy atom. The van der Waals surface area contributed by atoms with Gasteiger partial charge in [-0.15, -0.1) is 0 Å². The van der Waals surface area contributed by atoms with Crippen molar-refractivity contribution in [3.8, 4) is 5.75 Å². The summed E-state index contributed by atoms with van der Waals surface area (Å²) in [7, 11) is 3.44. The number of carbonyl (C=O) groups is 1. The van der Waals surface area contributed by atoms with Gasteiger partial charge in [0.25, 0.3) is 5.91 Å². The van der Waals surface area contributed by atoms with Crippen LogP contribution in [-0.4, -0.2) is 30.0 Å². The first-order valence-electron chi connectivity index (χ1n) is 8.29. The van der Waals surface area contributed by atoms with Gasteiger partial charge in [0, 0.05) is 31.7 Å². The number of amides is 1. The van der Waals surface area contributed by atoms with Crippen LogP contribution in [0.1, 0.15) is 15.9 Å². The van der Waals surface area contributed by atoms with E-state index in [0.717, 1.165) is 5.56 Å². The monoisotopic (exact) mass is 382 g/mol. The van der Waals surface area contributed by atoms with Gasteiger partial charge in [-0.3, -0.25) is 4.79 Å². The van der Waals surface area contributed by atoms with E-state index in [1.807, 2.05) is 42.3 Å². The Kier molecular flexibility index (Phi) is 5.88. The highest BCUT2D eigenvalue weighted by Gasteiger charge is 2.11. The predicted molar refractivity (Wildman–Crippen MR) is 107 cm³/mol. The molecule has 0 fully saturated rings. The van der Waals surface area contributed by atoms with E-state index in [1.165, 1.54) is 19.5 Å². The molecule has 27 heavy (non-hydrogen) atoms. The maximum Gasteiger partial charge on any atom is 0.258 e. The number of aromatic nitrogens is 2. The molecule has 0 saturated heterocycles. The zero-order chi connectivity index (χ0) is 19.2. The summed E-state index contributed by atoms with van der Waals surface area (Å²) in [6.07, 6.45) is 3.01. The lowest BCUT2D eigenvalue weighted by Gasteiger charge is -2.17. The number of anilines is 2. The number of benzene rings is 2. The molecule has 138 valence electrons. The van der Waals surface area contributed by atoms with Crippen molar-refractivity contribution in [2.24, 2.45) is 0 Å². The van der Waals surface area contributed by atoms with Crippen molar-refractivity contribution in [2.45, 2.75) is 6.54 Å². The molecule has 3 rings (SSSR count). The molecule has 2 aromatic carbocycles. The molecule has 0 spiro atoms. The molecule has 0 aliphatic rings. The standard InChI is InChI=1S/C20H19ClN4O2/c1-25(13-14-6-4-3-5-7-14)20-22-11-15(12-23-20)19(26)24-16-8-9-18(27-2)17(21)10-16/h3-12H,13H2,1-2H3,(H,24,26). The number of halogens is 1. The van der Waals surface area contributed by atoms with E-state index in [1.54, 1.807) is 18.2 Å². The van der Waals surface area contributed by atoms with Crippen LogP contribution in [0.4, 0.5) is 11.6 Å². The largest absolute Gasteiger partial charge is 0.495 e. The minimum Gasteiger partial charge on any atom is -0.495 e. The van der Waals surface area contributed by atoms with Crippen LogP contribution in [0.2, 0.25) is 5.02 Å². The van der Waals surface area contributed by atoms with Gasteiger partial charge in [0.2, 0.25) is 5.95 Å². The van der Waals surface area contributed by atoms with Gasteiger partial charge >= 0.3 is 0 Å². The van der Waals surface area contributed by atoms with Gasteiger partial charge in [-0.25, -0.2) is 9.97 Å². The van der Waals surface area contributed by atoms with Gasteiger partial charge in [0.15, 0.2) is 0 Å². The maximum absolute atomic E-state index is 12.4. The Labute approximate surface area is 162 Å². The second-order valence-electron chi connectivity index (χ2n) is 5.92. The normalized spacial score (nSPS) is 10.3. The first-order chi connectivity index (χ1) is 13.1. The summed E-state index contributed by atoms with van der Waals surface area (Å²) in [6, 6.07) is 15.1. The zero-order valence-corrected chi connectivity index (χ0v) is 15.8.